The normalized spacial score (nSPS) is 18.9. The molecule has 22 heavy (non-hydrogen) atoms. The molecule has 0 atom stereocenters. The molecule has 0 spiro atoms. The Morgan fingerprint density at radius 1 is 1.23 bits per heavy atom. The number of aryl methyl sites for hydroxylation is 1. The van der Waals surface area contributed by atoms with E-state index < -0.39 is 0 Å². The standard InChI is InChI=1S/C16H22BrN3O2/c1-22-9-8-20-14(21)3-2-12-10-11-4-6-19(18)7-5-13(11)15(17)16(12)20/h10H,2-9,18H2,1H3. The average molecular weight is 368 g/mol. The van der Waals surface area contributed by atoms with E-state index in [2.05, 4.69) is 22.0 Å². The third-order valence-electron chi connectivity index (χ3n) is 4.53. The van der Waals surface area contributed by atoms with Gasteiger partial charge >= 0.3 is 0 Å². The molecule has 3 rings (SSSR count). The largest absolute Gasteiger partial charge is 0.383 e. The van der Waals surface area contributed by atoms with Crippen molar-refractivity contribution in [2.75, 3.05) is 38.3 Å². The number of rotatable bonds is 3. The molecule has 0 aliphatic carbocycles. The van der Waals surface area contributed by atoms with Gasteiger partial charge in [-0.05, 0) is 51.9 Å². The van der Waals surface area contributed by atoms with Gasteiger partial charge in [-0.2, -0.15) is 0 Å². The fourth-order valence-electron chi connectivity index (χ4n) is 3.32. The lowest BCUT2D eigenvalue weighted by molar-refractivity contribution is -0.119. The molecule has 0 saturated heterocycles. The zero-order valence-corrected chi connectivity index (χ0v) is 14.5. The maximum atomic E-state index is 12.3. The van der Waals surface area contributed by atoms with E-state index in [-0.39, 0.29) is 5.91 Å². The van der Waals surface area contributed by atoms with Gasteiger partial charge in [-0.25, -0.2) is 5.01 Å². The summed E-state index contributed by atoms with van der Waals surface area (Å²) in [5.74, 6) is 6.15. The predicted molar refractivity (Wildman–Crippen MR) is 89.9 cm³/mol. The van der Waals surface area contributed by atoms with E-state index in [1.807, 2.05) is 9.91 Å². The number of carbonyl (C=O) groups excluding carboxylic acids is 1. The third-order valence-corrected chi connectivity index (χ3v) is 5.38. The number of anilines is 1. The summed E-state index contributed by atoms with van der Waals surface area (Å²) in [6.45, 7) is 2.87. The van der Waals surface area contributed by atoms with Crippen LogP contribution in [0.3, 0.4) is 0 Å². The first-order valence-corrected chi connectivity index (χ1v) is 8.53. The van der Waals surface area contributed by atoms with Crippen LogP contribution in [0.2, 0.25) is 0 Å². The minimum Gasteiger partial charge on any atom is -0.383 e. The van der Waals surface area contributed by atoms with E-state index in [0.29, 0.717) is 19.6 Å². The Hall–Kier alpha value is -0.950. The molecular weight excluding hydrogens is 346 g/mol. The van der Waals surface area contributed by atoms with E-state index in [1.165, 1.54) is 16.7 Å². The van der Waals surface area contributed by atoms with Crippen LogP contribution in [-0.2, 0) is 28.8 Å². The third kappa shape index (κ3) is 2.93. The summed E-state index contributed by atoms with van der Waals surface area (Å²) in [5, 5.41) is 1.87. The lowest BCUT2D eigenvalue weighted by atomic mass is 9.93. The summed E-state index contributed by atoms with van der Waals surface area (Å²) >= 11 is 3.77. The molecule has 6 heteroatoms. The molecule has 0 aromatic heterocycles. The van der Waals surface area contributed by atoms with E-state index in [9.17, 15) is 4.79 Å². The Labute approximate surface area is 139 Å². The minimum atomic E-state index is 0.180. The van der Waals surface area contributed by atoms with Crippen molar-refractivity contribution in [3.05, 3.63) is 27.2 Å². The number of ether oxygens (including phenoxy) is 1. The molecule has 2 heterocycles. The number of hydrogen-bond acceptors (Lipinski definition) is 4. The summed E-state index contributed by atoms with van der Waals surface area (Å²) in [4.78, 5) is 14.2. The number of nitrogens with zero attached hydrogens (tertiary/aromatic N) is 2. The predicted octanol–water partition coefficient (Wildman–Crippen LogP) is 1.65. The second kappa shape index (κ2) is 6.66. The highest BCUT2D eigenvalue weighted by molar-refractivity contribution is 9.10. The van der Waals surface area contributed by atoms with Crippen molar-refractivity contribution in [2.24, 2.45) is 5.84 Å². The Bertz CT molecular complexity index is 591. The lowest BCUT2D eigenvalue weighted by Gasteiger charge is -2.32. The second-order valence-corrected chi connectivity index (χ2v) is 6.70. The first-order chi connectivity index (χ1) is 10.6. The summed E-state index contributed by atoms with van der Waals surface area (Å²) in [6.07, 6.45) is 3.26. The zero-order chi connectivity index (χ0) is 15.7. The molecular formula is C16H22BrN3O2. The van der Waals surface area contributed by atoms with E-state index in [1.54, 1.807) is 7.11 Å². The molecule has 1 aromatic rings. The summed E-state index contributed by atoms with van der Waals surface area (Å²) in [7, 11) is 1.66. The van der Waals surface area contributed by atoms with Crippen molar-refractivity contribution in [1.29, 1.82) is 0 Å². The Morgan fingerprint density at radius 2 is 2.00 bits per heavy atom. The molecule has 2 N–H and O–H groups in total. The van der Waals surface area contributed by atoms with Crippen molar-refractivity contribution in [3.63, 3.8) is 0 Å². The number of nitrogens with two attached hydrogens (primary N) is 1. The van der Waals surface area contributed by atoms with Crippen molar-refractivity contribution in [1.82, 2.24) is 5.01 Å². The van der Waals surface area contributed by atoms with Gasteiger partial charge in [0.05, 0.1) is 12.3 Å². The molecule has 1 amide bonds. The number of amides is 1. The first kappa shape index (κ1) is 15.9. The first-order valence-electron chi connectivity index (χ1n) is 7.74. The quantitative estimate of drug-likeness (QED) is 0.825. The summed E-state index contributed by atoms with van der Waals surface area (Å²) in [6, 6.07) is 2.28. The van der Waals surface area contributed by atoms with Crippen molar-refractivity contribution < 1.29 is 9.53 Å². The van der Waals surface area contributed by atoms with E-state index in [4.69, 9.17) is 10.6 Å². The van der Waals surface area contributed by atoms with Crippen LogP contribution in [0.25, 0.3) is 0 Å². The Morgan fingerprint density at radius 3 is 2.77 bits per heavy atom. The molecule has 0 fully saturated rings. The fraction of sp³-hybridized carbons (Fsp3) is 0.562. The van der Waals surface area contributed by atoms with Crippen LogP contribution in [-0.4, -0.2) is 44.3 Å². The van der Waals surface area contributed by atoms with Gasteiger partial charge in [-0.1, -0.05) is 6.07 Å². The number of fused-ring (bicyclic) bond motifs is 2. The van der Waals surface area contributed by atoms with Gasteiger partial charge in [0.15, 0.2) is 0 Å². The monoisotopic (exact) mass is 367 g/mol. The highest BCUT2D eigenvalue weighted by Crippen LogP contribution is 2.40. The van der Waals surface area contributed by atoms with Crippen molar-refractivity contribution in [2.45, 2.75) is 25.7 Å². The average Bonchev–Trinajstić information content (AvgIpc) is 2.69. The molecule has 5 nitrogen and oxygen atoms in total. The van der Waals surface area contributed by atoms with Gasteiger partial charge in [0.2, 0.25) is 5.91 Å². The fourth-order valence-corrected chi connectivity index (χ4v) is 4.24. The van der Waals surface area contributed by atoms with Gasteiger partial charge in [-0.3, -0.25) is 10.6 Å². The smallest absolute Gasteiger partial charge is 0.227 e. The van der Waals surface area contributed by atoms with Crippen LogP contribution in [0.5, 0.6) is 0 Å². The van der Waals surface area contributed by atoms with E-state index >= 15 is 0 Å². The Kier molecular flexibility index (Phi) is 4.82. The van der Waals surface area contributed by atoms with Crippen molar-refractivity contribution >= 4 is 27.5 Å². The van der Waals surface area contributed by atoms with Gasteiger partial charge in [-0.15, -0.1) is 0 Å². The molecule has 0 unspecified atom stereocenters. The van der Waals surface area contributed by atoms with E-state index in [0.717, 1.165) is 42.5 Å². The zero-order valence-electron chi connectivity index (χ0n) is 12.9. The van der Waals surface area contributed by atoms with Crippen LogP contribution >= 0.6 is 15.9 Å². The maximum Gasteiger partial charge on any atom is 0.227 e. The molecule has 2 aliphatic heterocycles. The van der Waals surface area contributed by atoms with Crippen molar-refractivity contribution in [3.8, 4) is 0 Å². The van der Waals surface area contributed by atoms with Crippen LogP contribution < -0.4 is 10.7 Å². The van der Waals surface area contributed by atoms with Gasteiger partial charge < -0.3 is 9.64 Å². The molecule has 120 valence electrons. The Balaban J connectivity index is 2.03. The number of hydrogen-bond donors (Lipinski definition) is 1. The number of carbonyl (C=O) groups is 1. The number of methoxy groups -OCH3 is 1. The molecule has 1 aromatic carbocycles. The highest BCUT2D eigenvalue weighted by atomic mass is 79.9. The SMILES string of the molecule is COCCN1C(=O)CCc2cc3c(c(Br)c21)CCN(N)CC3. The topological polar surface area (TPSA) is 58.8 Å². The van der Waals surface area contributed by atoms with Gasteiger partial charge in [0.25, 0.3) is 0 Å². The molecule has 0 saturated carbocycles. The van der Waals surface area contributed by atoms with Crippen LogP contribution in [0, 0.1) is 0 Å². The lowest BCUT2D eigenvalue weighted by Crippen LogP contribution is -2.38. The number of halogens is 1. The second-order valence-electron chi connectivity index (χ2n) is 5.91. The van der Waals surface area contributed by atoms with Crippen LogP contribution in [0.4, 0.5) is 5.69 Å². The molecule has 0 radical (unpaired) electrons. The summed E-state index contributed by atoms with van der Waals surface area (Å²) in [5.41, 5.74) is 4.95. The minimum absolute atomic E-state index is 0.180. The van der Waals surface area contributed by atoms with Gasteiger partial charge in [0.1, 0.15) is 0 Å². The summed E-state index contributed by atoms with van der Waals surface area (Å²) < 4.78 is 6.23. The number of benzene rings is 1. The van der Waals surface area contributed by atoms with Crippen LogP contribution in [0.1, 0.15) is 23.1 Å². The maximum absolute atomic E-state index is 12.3. The van der Waals surface area contributed by atoms with Gasteiger partial charge in [0, 0.05) is 37.6 Å². The number of hydrazine groups is 1. The molecule has 0 bridgehead atoms. The molecule has 2 aliphatic rings. The van der Waals surface area contributed by atoms with Crippen LogP contribution in [0.15, 0.2) is 10.5 Å². The highest BCUT2D eigenvalue weighted by Gasteiger charge is 2.29.